The molecule has 0 fully saturated rings. The standard InChI is InChI=1S/C33H32Cl2N4O7S/c1-22-12-14-27(19-28(22)39(42)43)47(44,45)38(29-18-26(35)13-15-31(29)46-3)21-32(40)37(20-24-10-7-11-25(34)16-24)30(33(41)36-2)17-23-8-5-4-6-9-23/h4-16,18-19,30H,17,20-21H2,1-3H3,(H,36,41)/t30-/m1/s1. The summed E-state index contributed by atoms with van der Waals surface area (Å²) >= 11 is 12.5. The molecular weight excluding hydrogens is 667 g/mol. The van der Waals surface area contributed by atoms with Crippen LogP contribution in [0, 0.1) is 17.0 Å². The van der Waals surface area contributed by atoms with E-state index in [0.717, 1.165) is 15.9 Å². The molecule has 4 aromatic rings. The number of rotatable bonds is 13. The molecule has 0 heterocycles. The SMILES string of the molecule is CNC(=O)[C@@H](Cc1ccccc1)N(Cc1cccc(Cl)c1)C(=O)CN(c1cc(Cl)ccc1OC)S(=O)(=O)c1ccc(C)c([N+](=O)[O-])c1. The molecule has 11 nitrogen and oxygen atoms in total. The Morgan fingerprint density at radius 1 is 0.936 bits per heavy atom. The first kappa shape index (κ1) is 35.2. The Morgan fingerprint density at radius 3 is 2.26 bits per heavy atom. The second-order valence-corrected chi connectivity index (χ2v) is 13.2. The van der Waals surface area contributed by atoms with E-state index >= 15 is 0 Å². The van der Waals surface area contributed by atoms with Crippen molar-refractivity contribution in [2.24, 2.45) is 0 Å². The summed E-state index contributed by atoms with van der Waals surface area (Å²) < 4.78 is 34.9. The third kappa shape index (κ3) is 8.39. The number of ether oxygens (including phenoxy) is 1. The monoisotopic (exact) mass is 698 g/mol. The summed E-state index contributed by atoms with van der Waals surface area (Å²) in [4.78, 5) is 39.8. The van der Waals surface area contributed by atoms with Crippen LogP contribution in [0.4, 0.5) is 11.4 Å². The molecule has 0 aliphatic carbocycles. The van der Waals surface area contributed by atoms with Crippen molar-refractivity contribution in [1.82, 2.24) is 10.2 Å². The second-order valence-electron chi connectivity index (χ2n) is 10.5. The Kier molecular flexibility index (Phi) is 11.5. The third-order valence-corrected chi connectivity index (χ3v) is 9.64. The zero-order valence-corrected chi connectivity index (χ0v) is 28.1. The Labute approximate surface area is 282 Å². The van der Waals surface area contributed by atoms with Crippen molar-refractivity contribution in [3.8, 4) is 5.75 Å². The van der Waals surface area contributed by atoms with Crippen molar-refractivity contribution in [2.45, 2.75) is 30.8 Å². The van der Waals surface area contributed by atoms with Gasteiger partial charge in [-0.3, -0.25) is 24.0 Å². The molecule has 4 aromatic carbocycles. The zero-order valence-electron chi connectivity index (χ0n) is 25.7. The lowest BCUT2D eigenvalue weighted by Gasteiger charge is -2.34. The van der Waals surface area contributed by atoms with Gasteiger partial charge in [0.2, 0.25) is 11.8 Å². The topological polar surface area (TPSA) is 139 Å². The van der Waals surface area contributed by atoms with Crippen LogP contribution in [0.1, 0.15) is 16.7 Å². The Bertz CT molecular complexity index is 1890. The molecule has 0 radical (unpaired) electrons. The summed E-state index contributed by atoms with van der Waals surface area (Å²) in [6, 6.07) is 22.4. The second kappa shape index (κ2) is 15.3. The number of benzene rings is 4. The summed E-state index contributed by atoms with van der Waals surface area (Å²) in [5.41, 5.74) is 1.10. The average molecular weight is 700 g/mol. The van der Waals surface area contributed by atoms with Crippen molar-refractivity contribution in [3.63, 3.8) is 0 Å². The van der Waals surface area contributed by atoms with Crippen molar-refractivity contribution in [3.05, 3.63) is 128 Å². The van der Waals surface area contributed by atoms with Gasteiger partial charge >= 0.3 is 0 Å². The van der Waals surface area contributed by atoms with E-state index in [1.807, 2.05) is 18.2 Å². The predicted molar refractivity (Wildman–Crippen MR) is 180 cm³/mol. The summed E-state index contributed by atoms with van der Waals surface area (Å²) in [5.74, 6) is -1.16. The van der Waals surface area contributed by atoms with Gasteiger partial charge in [-0.15, -0.1) is 0 Å². The van der Waals surface area contributed by atoms with Crippen LogP contribution in [-0.2, 0) is 32.6 Å². The molecule has 246 valence electrons. The highest BCUT2D eigenvalue weighted by atomic mass is 35.5. The number of sulfonamides is 1. The molecule has 0 aliphatic rings. The highest BCUT2D eigenvalue weighted by molar-refractivity contribution is 7.92. The molecule has 0 spiro atoms. The number of anilines is 1. The van der Waals surface area contributed by atoms with Crippen molar-refractivity contribution < 1.29 is 27.7 Å². The van der Waals surface area contributed by atoms with Gasteiger partial charge in [-0.1, -0.05) is 71.7 Å². The van der Waals surface area contributed by atoms with E-state index in [4.69, 9.17) is 27.9 Å². The normalized spacial score (nSPS) is 11.8. The molecule has 0 saturated carbocycles. The molecule has 1 N–H and O–H groups in total. The van der Waals surface area contributed by atoms with Gasteiger partial charge < -0.3 is 15.0 Å². The Hall–Kier alpha value is -4.65. The summed E-state index contributed by atoms with van der Waals surface area (Å²) in [7, 11) is -1.91. The number of nitro groups is 1. The van der Waals surface area contributed by atoms with E-state index in [0.29, 0.717) is 10.6 Å². The number of nitro benzene ring substituents is 1. The minimum absolute atomic E-state index is 0.0703. The molecule has 2 amide bonds. The molecule has 14 heteroatoms. The number of amides is 2. The number of halogens is 2. The molecule has 4 rings (SSSR count). The molecule has 1 atom stereocenters. The highest BCUT2D eigenvalue weighted by Crippen LogP contribution is 2.36. The first-order valence-corrected chi connectivity index (χ1v) is 16.5. The highest BCUT2D eigenvalue weighted by Gasteiger charge is 2.36. The van der Waals surface area contributed by atoms with Crippen molar-refractivity contribution >= 4 is 56.4 Å². The molecule has 0 saturated heterocycles. The van der Waals surface area contributed by atoms with Crippen molar-refractivity contribution in [2.75, 3.05) is 25.0 Å². The minimum Gasteiger partial charge on any atom is -0.495 e. The predicted octanol–water partition coefficient (Wildman–Crippen LogP) is 5.80. The minimum atomic E-state index is -4.67. The number of hydrogen-bond acceptors (Lipinski definition) is 7. The molecule has 0 aliphatic heterocycles. The van der Waals surface area contributed by atoms with Gasteiger partial charge in [0.25, 0.3) is 15.7 Å². The first-order chi connectivity index (χ1) is 22.3. The largest absolute Gasteiger partial charge is 0.495 e. The molecule has 0 bridgehead atoms. The fourth-order valence-corrected chi connectivity index (χ4v) is 6.81. The van der Waals surface area contributed by atoms with Gasteiger partial charge in [0.1, 0.15) is 18.3 Å². The third-order valence-electron chi connectivity index (χ3n) is 7.41. The molecule has 47 heavy (non-hydrogen) atoms. The van der Waals surface area contributed by atoms with Gasteiger partial charge in [0, 0.05) is 41.7 Å². The van der Waals surface area contributed by atoms with Crippen LogP contribution < -0.4 is 14.4 Å². The van der Waals surface area contributed by atoms with E-state index in [1.165, 1.54) is 56.3 Å². The van der Waals surface area contributed by atoms with Crippen LogP contribution in [0.15, 0.2) is 95.9 Å². The number of carbonyl (C=O) groups excluding carboxylic acids is 2. The van der Waals surface area contributed by atoms with E-state index < -0.39 is 49.9 Å². The van der Waals surface area contributed by atoms with Gasteiger partial charge in [-0.2, -0.15) is 0 Å². The number of hydrogen-bond donors (Lipinski definition) is 1. The summed E-state index contributed by atoms with van der Waals surface area (Å²) in [6.45, 7) is 0.569. The van der Waals surface area contributed by atoms with Crippen LogP contribution in [-0.4, -0.2) is 56.8 Å². The lowest BCUT2D eigenvalue weighted by atomic mass is 10.0. The number of carbonyl (C=O) groups is 2. The molecular formula is C33H32Cl2N4O7S. The number of methoxy groups -OCH3 is 1. The van der Waals surface area contributed by atoms with Gasteiger partial charge in [0.15, 0.2) is 0 Å². The number of aryl methyl sites for hydroxylation is 1. The Morgan fingerprint density at radius 2 is 1.62 bits per heavy atom. The maximum Gasteiger partial charge on any atom is 0.273 e. The van der Waals surface area contributed by atoms with Crippen LogP contribution in [0.3, 0.4) is 0 Å². The number of nitrogens with one attached hydrogen (secondary N) is 1. The van der Waals surface area contributed by atoms with E-state index in [2.05, 4.69) is 5.32 Å². The van der Waals surface area contributed by atoms with Crippen LogP contribution in [0.5, 0.6) is 5.75 Å². The van der Waals surface area contributed by atoms with E-state index in [1.54, 1.807) is 36.4 Å². The van der Waals surface area contributed by atoms with Gasteiger partial charge in [0.05, 0.1) is 22.6 Å². The first-order valence-electron chi connectivity index (χ1n) is 14.3. The maximum atomic E-state index is 14.5. The fraction of sp³-hybridized carbons (Fsp3) is 0.212. The smallest absolute Gasteiger partial charge is 0.273 e. The van der Waals surface area contributed by atoms with Gasteiger partial charge in [-0.05, 0) is 54.4 Å². The van der Waals surface area contributed by atoms with Crippen LogP contribution in [0.2, 0.25) is 10.0 Å². The lowest BCUT2D eigenvalue weighted by molar-refractivity contribution is -0.385. The fourth-order valence-electron chi connectivity index (χ4n) is 5.00. The average Bonchev–Trinajstić information content (AvgIpc) is 3.05. The van der Waals surface area contributed by atoms with Crippen LogP contribution >= 0.6 is 23.2 Å². The molecule has 0 aromatic heterocycles. The lowest BCUT2D eigenvalue weighted by Crippen LogP contribution is -2.53. The number of nitrogens with zero attached hydrogens (tertiary/aromatic N) is 3. The van der Waals surface area contributed by atoms with Crippen molar-refractivity contribution in [1.29, 1.82) is 0 Å². The van der Waals surface area contributed by atoms with Crippen LogP contribution in [0.25, 0.3) is 0 Å². The summed E-state index contributed by atoms with van der Waals surface area (Å²) in [5, 5.41) is 14.9. The molecule has 0 unspecified atom stereocenters. The number of likely N-dealkylation sites (N-methyl/N-ethyl adjacent to an activating group) is 1. The van der Waals surface area contributed by atoms with E-state index in [9.17, 15) is 28.1 Å². The summed E-state index contributed by atoms with van der Waals surface area (Å²) in [6.07, 6.45) is 0.115. The quantitative estimate of drug-likeness (QED) is 0.138. The zero-order chi connectivity index (χ0) is 34.3. The maximum absolute atomic E-state index is 14.5. The van der Waals surface area contributed by atoms with E-state index in [-0.39, 0.29) is 35.0 Å². The Balaban J connectivity index is 1.88. The van der Waals surface area contributed by atoms with Gasteiger partial charge in [-0.25, -0.2) is 8.42 Å².